The molecule has 4 nitrogen and oxygen atoms in total. The molecule has 104 valence electrons. The normalized spacial score (nSPS) is 11.3. The number of hydrogen-bond donors (Lipinski definition) is 2. The van der Waals surface area contributed by atoms with E-state index in [0.29, 0.717) is 11.3 Å². The number of anilines is 1. The second-order valence-electron chi connectivity index (χ2n) is 5.91. The van der Waals surface area contributed by atoms with Crippen LogP contribution in [0, 0.1) is 5.41 Å². The topological polar surface area (TPSA) is 58.2 Å². The van der Waals surface area contributed by atoms with Gasteiger partial charge in [0.2, 0.25) is 5.91 Å². The molecule has 19 heavy (non-hydrogen) atoms. The molecule has 0 aliphatic carbocycles. The molecule has 4 heteroatoms. The van der Waals surface area contributed by atoms with E-state index in [4.69, 9.17) is 0 Å². The minimum Gasteiger partial charge on any atom is -0.350 e. The average molecular weight is 262 g/mol. The van der Waals surface area contributed by atoms with Crippen LogP contribution in [0.25, 0.3) is 0 Å². The summed E-state index contributed by atoms with van der Waals surface area (Å²) in [5.41, 5.74) is 0.715. The lowest BCUT2D eigenvalue weighted by Gasteiger charge is -2.18. The van der Waals surface area contributed by atoms with Crippen molar-refractivity contribution in [3.63, 3.8) is 0 Å². The Morgan fingerprint density at radius 2 is 1.79 bits per heavy atom. The van der Waals surface area contributed by atoms with Crippen LogP contribution in [0.2, 0.25) is 0 Å². The van der Waals surface area contributed by atoms with Gasteiger partial charge in [-0.25, -0.2) is 0 Å². The predicted octanol–water partition coefficient (Wildman–Crippen LogP) is 2.81. The van der Waals surface area contributed by atoms with Gasteiger partial charge in [0.1, 0.15) is 0 Å². The van der Waals surface area contributed by atoms with Crippen molar-refractivity contribution in [2.75, 3.05) is 5.32 Å². The fourth-order valence-corrected chi connectivity index (χ4v) is 1.40. The first-order valence-electron chi connectivity index (χ1n) is 6.42. The smallest absolute Gasteiger partial charge is 0.251 e. The van der Waals surface area contributed by atoms with Gasteiger partial charge in [0.15, 0.2) is 0 Å². The zero-order valence-corrected chi connectivity index (χ0v) is 12.2. The highest BCUT2D eigenvalue weighted by Crippen LogP contribution is 2.18. The van der Waals surface area contributed by atoms with Crippen molar-refractivity contribution in [3.05, 3.63) is 29.8 Å². The average Bonchev–Trinajstić information content (AvgIpc) is 2.27. The number of carbonyl (C=O) groups excluding carboxylic acids is 2. The van der Waals surface area contributed by atoms with Gasteiger partial charge in [0, 0.05) is 22.7 Å². The highest BCUT2D eigenvalue weighted by Gasteiger charge is 2.21. The van der Waals surface area contributed by atoms with Crippen LogP contribution in [0.1, 0.15) is 45.0 Å². The summed E-state index contributed by atoms with van der Waals surface area (Å²) in [7, 11) is 0. The molecule has 0 atom stereocenters. The summed E-state index contributed by atoms with van der Waals surface area (Å²) in [6.45, 7) is 9.35. The van der Waals surface area contributed by atoms with Crippen LogP contribution in [0.5, 0.6) is 0 Å². The van der Waals surface area contributed by atoms with Gasteiger partial charge in [-0.3, -0.25) is 9.59 Å². The molecular formula is C15H22N2O2. The largest absolute Gasteiger partial charge is 0.350 e. The van der Waals surface area contributed by atoms with Gasteiger partial charge in [0.25, 0.3) is 5.91 Å². The number of rotatable bonds is 3. The first-order valence-corrected chi connectivity index (χ1v) is 6.42. The summed E-state index contributed by atoms with van der Waals surface area (Å²) in [5, 5.41) is 5.63. The molecule has 0 spiro atoms. The second kappa shape index (κ2) is 5.87. The van der Waals surface area contributed by atoms with Crippen molar-refractivity contribution in [2.45, 2.75) is 40.7 Å². The van der Waals surface area contributed by atoms with Gasteiger partial charge >= 0.3 is 0 Å². The first-order chi connectivity index (χ1) is 8.70. The molecule has 2 N–H and O–H groups in total. The summed E-state index contributed by atoms with van der Waals surface area (Å²) < 4.78 is 0. The Kier molecular flexibility index (Phi) is 4.70. The number of carbonyl (C=O) groups is 2. The zero-order valence-electron chi connectivity index (χ0n) is 12.2. The molecule has 0 aliphatic rings. The van der Waals surface area contributed by atoms with Gasteiger partial charge in [-0.05, 0) is 32.0 Å². The molecule has 0 bridgehead atoms. The number of hydrogen-bond acceptors (Lipinski definition) is 2. The van der Waals surface area contributed by atoms with E-state index in [0.717, 1.165) is 0 Å². The molecule has 0 aliphatic heterocycles. The van der Waals surface area contributed by atoms with E-state index in [9.17, 15) is 9.59 Å². The van der Waals surface area contributed by atoms with E-state index >= 15 is 0 Å². The van der Waals surface area contributed by atoms with Crippen molar-refractivity contribution in [2.24, 2.45) is 5.41 Å². The molecule has 0 aromatic heterocycles. The van der Waals surface area contributed by atoms with Gasteiger partial charge in [-0.15, -0.1) is 0 Å². The zero-order chi connectivity index (χ0) is 14.6. The molecule has 0 fully saturated rings. The van der Waals surface area contributed by atoms with Crippen LogP contribution in [-0.4, -0.2) is 17.9 Å². The van der Waals surface area contributed by atoms with Crippen molar-refractivity contribution in [1.29, 1.82) is 0 Å². The van der Waals surface area contributed by atoms with Crippen LogP contribution in [0.15, 0.2) is 24.3 Å². The number of benzene rings is 1. The van der Waals surface area contributed by atoms with Crippen LogP contribution >= 0.6 is 0 Å². The minimum absolute atomic E-state index is 0.0751. The van der Waals surface area contributed by atoms with E-state index in [-0.39, 0.29) is 17.9 Å². The van der Waals surface area contributed by atoms with Crippen molar-refractivity contribution in [3.8, 4) is 0 Å². The van der Waals surface area contributed by atoms with Crippen molar-refractivity contribution >= 4 is 17.5 Å². The maximum absolute atomic E-state index is 11.9. The fourth-order valence-electron chi connectivity index (χ4n) is 1.40. The fraction of sp³-hybridized carbons (Fsp3) is 0.467. The van der Waals surface area contributed by atoms with Gasteiger partial charge in [-0.1, -0.05) is 26.8 Å². The summed E-state index contributed by atoms with van der Waals surface area (Å²) in [4.78, 5) is 23.7. The monoisotopic (exact) mass is 262 g/mol. The SMILES string of the molecule is CC(C)NC(=O)c1cccc(NC(=O)C(C)(C)C)c1. The molecule has 1 rings (SSSR count). The van der Waals surface area contributed by atoms with Crippen LogP contribution < -0.4 is 10.6 Å². The molecular weight excluding hydrogens is 240 g/mol. The number of nitrogens with one attached hydrogen (secondary N) is 2. The Balaban J connectivity index is 2.83. The Morgan fingerprint density at radius 1 is 1.16 bits per heavy atom. The third kappa shape index (κ3) is 4.73. The highest BCUT2D eigenvalue weighted by molar-refractivity contribution is 5.98. The summed E-state index contributed by atoms with van der Waals surface area (Å²) in [6, 6.07) is 7.02. The van der Waals surface area contributed by atoms with Crippen LogP contribution in [0.4, 0.5) is 5.69 Å². The van der Waals surface area contributed by atoms with Gasteiger partial charge < -0.3 is 10.6 Å². The molecule has 1 aromatic carbocycles. The standard InChI is InChI=1S/C15H22N2O2/c1-10(2)16-13(18)11-7-6-8-12(9-11)17-14(19)15(3,4)5/h6-10H,1-5H3,(H,16,18)(H,17,19). The van der Waals surface area contributed by atoms with Gasteiger partial charge in [0.05, 0.1) is 0 Å². The summed E-state index contributed by atoms with van der Waals surface area (Å²) >= 11 is 0. The van der Waals surface area contributed by atoms with Crippen molar-refractivity contribution < 1.29 is 9.59 Å². The first kappa shape index (κ1) is 15.2. The maximum Gasteiger partial charge on any atom is 0.251 e. The lowest BCUT2D eigenvalue weighted by Crippen LogP contribution is -2.30. The Labute approximate surface area is 114 Å². The highest BCUT2D eigenvalue weighted by atomic mass is 16.2. The van der Waals surface area contributed by atoms with E-state index in [2.05, 4.69) is 10.6 Å². The lowest BCUT2D eigenvalue weighted by atomic mass is 9.95. The molecule has 0 heterocycles. The number of amides is 2. The molecule has 2 amide bonds. The Hall–Kier alpha value is -1.84. The lowest BCUT2D eigenvalue weighted by molar-refractivity contribution is -0.123. The minimum atomic E-state index is -0.462. The van der Waals surface area contributed by atoms with E-state index in [1.54, 1.807) is 24.3 Å². The third-order valence-corrected chi connectivity index (χ3v) is 2.48. The van der Waals surface area contributed by atoms with E-state index in [1.165, 1.54) is 0 Å². The Bertz CT molecular complexity index is 473. The maximum atomic E-state index is 11.9. The molecule has 0 saturated heterocycles. The molecule has 0 unspecified atom stereocenters. The molecule has 0 radical (unpaired) electrons. The summed E-state index contributed by atoms with van der Waals surface area (Å²) in [6.07, 6.45) is 0. The second-order valence-corrected chi connectivity index (χ2v) is 5.91. The van der Waals surface area contributed by atoms with Crippen LogP contribution in [-0.2, 0) is 4.79 Å². The van der Waals surface area contributed by atoms with Gasteiger partial charge in [-0.2, -0.15) is 0 Å². The van der Waals surface area contributed by atoms with E-state index in [1.807, 2.05) is 34.6 Å². The third-order valence-electron chi connectivity index (χ3n) is 2.48. The van der Waals surface area contributed by atoms with E-state index < -0.39 is 5.41 Å². The van der Waals surface area contributed by atoms with Crippen molar-refractivity contribution in [1.82, 2.24) is 5.32 Å². The quantitative estimate of drug-likeness (QED) is 0.880. The predicted molar refractivity (Wildman–Crippen MR) is 77.1 cm³/mol. The molecule has 1 aromatic rings. The van der Waals surface area contributed by atoms with Crippen LogP contribution in [0.3, 0.4) is 0 Å². The Morgan fingerprint density at radius 3 is 2.32 bits per heavy atom. The summed E-state index contributed by atoms with van der Waals surface area (Å²) in [5.74, 6) is -0.212. The molecule has 0 saturated carbocycles.